The normalized spacial score (nSPS) is 28.7. The topological polar surface area (TPSA) is 194 Å². The van der Waals surface area contributed by atoms with Crippen LogP contribution in [-0.4, -0.2) is 88.3 Å². The van der Waals surface area contributed by atoms with Gasteiger partial charge in [0.05, 0.1) is 24.6 Å². The van der Waals surface area contributed by atoms with Gasteiger partial charge in [-0.3, -0.25) is 25.3 Å². The Hall–Kier alpha value is -4.39. The van der Waals surface area contributed by atoms with Crippen molar-refractivity contribution in [2.75, 3.05) is 19.7 Å². The lowest BCUT2D eigenvalue weighted by Crippen LogP contribution is -2.88. The number of aliphatic imine (C=N–C) groups is 1. The van der Waals surface area contributed by atoms with E-state index in [0.717, 1.165) is 17.5 Å². The number of ether oxygens (including phenoxy) is 1. The summed E-state index contributed by atoms with van der Waals surface area (Å²) < 4.78 is 5.95. The highest BCUT2D eigenvalue weighted by molar-refractivity contribution is 5.98. The van der Waals surface area contributed by atoms with E-state index in [2.05, 4.69) is 44.8 Å². The van der Waals surface area contributed by atoms with Gasteiger partial charge in [-0.05, 0) is 36.5 Å². The minimum atomic E-state index is -1.18. The van der Waals surface area contributed by atoms with E-state index in [4.69, 9.17) is 16.2 Å². The number of nitrogens with two attached hydrogens (primary N) is 2. The molecule has 1 aromatic heterocycles. The second-order valence-electron chi connectivity index (χ2n) is 12.1. The van der Waals surface area contributed by atoms with E-state index in [1.807, 2.05) is 31.2 Å². The third-order valence-electron chi connectivity index (χ3n) is 8.84. The predicted molar refractivity (Wildman–Crippen MR) is 154 cm³/mol. The lowest BCUT2D eigenvalue weighted by molar-refractivity contribution is -0.513. The standard InChI is InChI=1S/C29H37N9O4/c1-15-7-8-16(32-12-15)11-21(39)33-13-19-23-29(37-26(30)36-23)24(40)20(14-38(29)27(31)35-19)34-25(41)17-5-4-6-18-22(17)42-10-9-28(18,2)3/h4-8,12,19-20,23-24,40H,9-11,13-14H2,1-3H3,(H2,31,35)(H,33,39)(H,34,41)(H3,30,36,37)/p+1/t19-,20?,23-,24+,29?/m0/s1. The molecule has 42 heavy (non-hydrogen) atoms. The Labute approximate surface area is 243 Å². The number of aryl methyl sites for hydroxylation is 1. The number of aliphatic hydroxyl groups is 1. The molecule has 13 heteroatoms. The first-order chi connectivity index (χ1) is 20.0. The SMILES string of the molecule is Cc1ccc(CC(=O)NC[C@@H]2N=C(N)N3CC(NC(=O)c4cccc5c4OCCC5(C)C)[C@@H](O)C34NC(N)=[NH+][C@@H]24)nc1. The maximum atomic E-state index is 13.6. The van der Waals surface area contributed by atoms with Crippen LogP contribution in [0.2, 0.25) is 0 Å². The number of amides is 2. The second-order valence-corrected chi connectivity index (χ2v) is 12.1. The number of hydrogen-bond donors (Lipinski definition) is 7. The molecule has 2 unspecified atom stereocenters. The minimum absolute atomic E-state index is 0.120. The highest BCUT2D eigenvalue weighted by Crippen LogP contribution is 2.41. The van der Waals surface area contributed by atoms with Crippen molar-refractivity contribution in [2.24, 2.45) is 16.5 Å². The minimum Gasteiger partial charge on any atom is -0.492 e. The van der Waals surface area contributed by atoms with Gasteiger partial charge in [-0.15, -0.1) is 0 Å². The summed E-state index contributed by atoms with van der Waals surface area (Å²) in [5.74, 6) is 0.423. The molecule has 5 atom stereocenters. The molecule has 6 rings (SSSR count). The highest BCUT2D eigenvalue weighted by atomic mass is 16.5. The fraction of sp³-hybridized carbons (Fsp3) is 0.483. The van der Waals surface area contributed by atoms with E-state index in [-0.39, 0.29) is 48.7 Å². The zero-order chi connectivity index (χ0) is 29.8. The Balaban J connectivity index is 1.19. The molecular weight excluding hydrogens is 538 g/mol. The highest BCUT2D eigenvalue weighted by Gasteiger charge is 2.68. The number of fused-ring (bicyclic) bond motifs is 1. The van der Waals surface area contributed by atoms with Gasteiger partial charge in [-0.25, -0.2) is 10.3 Å². The largest absolute Gasteiger partial charge is 0.492 e. The van der Waals surface area contributed by atoms with Crippen LogP contribution in [0.1, 0.15) is 47.4 Å². The summed E-state index contributed by atoms with van der Waals surface area (Å²) in [5, 5.41) is 20.8. The molecule has 1 aromatic carbocycles. The third kappa shape index (κ3) is 4.57. The summed E-state index contributed by atoms with van der Waals surface area (Å²) in [6.07, 6.45) is 1.57. The molecule has 0 saturated carbocycles. The van der Waals surface area contributed by atoms with Crippen LogP contribution in [0.25, 0.3) is 0 Å². The van der Waals surface area contributed by atoms with Crippen LogP contribution < -0.4 is 37.1 Å². The lowest BCUT2D eigenvalue weighted by atomic mass is 9.79. The molecule has 5 heterocycles. The molecule has 222 valence electrons. The summed E-state index contributed by atoms with van der Waals surface area (Å²) in [4.78, 5) is 40.1. The average Bonchev–Trinajstić information content (AvgIpc) is 3.44. The smallest absolute Gasteiger partial charge is 0.343 e. The molecule has 1 fully saturated rings. The number of para-hydroxylation sites is 1. The van der Waals surface area contributed by atoms with Crippen molar-refractivity contribution < 1.29 is 24.4 Å². The van der Waals surface area contributed by atoms with Crippen LogP contribution in [0.15, 0.2) is 41.5 Å². The number of nitrogens with zero attached hydrogens (tertiary/aromatic N) is 3. The number of nitrogens with one attached hydrogen (secondary N) is 4. The van der Waals surface area contributed by atoms with Crippen molar-refractivity contribution in [3.8, 4) is 5.75 Å². The van der Waals surface area contributed by atoms with Crippen LogP contribution in [0.3, 0.4) is 0 Å². The number of benzene rings is 1. The van der Waals surface area contributed by atoms with Gasteiger partial charge in [0.25, 0.3) is 5.91 Å². The van der Waals surface area contributed by atoms with Crippen LogP contribution in [0, 0.1) is 6.92 Å². The molecule has 4 aliphatic heterocycles. The number of carbonyl (C=O) groups excluding carboxylic acids is 2. The van der Waals surface area contributed by atoms with Crippen molar-refractivity contribution in [3.63, 3.8) is 0 Å². The van der Waals surface area contributed by atoms with Gasteiger partial charge >= 0.3 is 5.96 Å². The summed E-state index contributed by atoms with van der Waals surface area (Å²) in [5.41, 5.74) is 14.4. The molecule has 0 bridgehead atoms. The zero-order valence-corrected chi connectivity index (χ0v) is 24.0. The van der Waals surface area contributed by atoms with E-state index in [9.17, 15) is 14.7 Å². The van der Waals surface area contributed by atoms with Gasteiger partial charge in [0.1, 0.15) is 17.9 Å². The number of aromatic nitrogens is 1. The average molecular weight is 577 g/mol. The Morgan fingerprint density at radius 2 is 2.07 bits per heavy atom. The summed E-state index contributed by atoms with van der Waals surface area (Å²) >= 11 is 0. The van der Waals surface area contributed by atoms with E-state index >= 15 is 0 Å². The third-order valence-corrected chi connectivity index (χ3v) is 8.84. The van der Waals surface area contributed by atoms with Gasteiger partial charge in [0.2, 0.25) is 11.6 Å². The number of pyridine rings is 1. The van der Waals surface area contributed by atoms with Gasteiger partial charge in [-0.2, -0.15) is 0 Å². The molecule has 13 nitrogen and oxygen atoms in total. The van der Waals surface area contributed by atoms with Crippen LogP contribution in [-0.2, 0) is 16.6 Å². The Kier molecular flexibility index (Phi) is 6.71. The summed E-state index contributed by atoms with van der Waals surface area (Å²) in [6, 6.07) is 7.49. The Bertz CT molecular complexity index is 1470. The van der Waals surface area contributed by atoms with Crippen LogP contribution >= 0.6 is 0 Å². The van der Waals surface area contributed by atoms with Gasteiger partial charge in [-0.1, -0.05) is 32.0 Å². The number of hydrogen-bond acceptors (Lipinski definition) is 10. The molecule has 1 saturated heterocycles. The predicted octanol–water partition coefficient (Wildman–Crippen LogP) is -2.66. The van der Waals surface area contributed by atoms with E-state index in [1.54, 1.807) is 17.2 Å². The fourth-order valence-electron chi connectivity index (χ4n) is 6.53. The molecule has 0 aliphatic carbocycles. The van der Waals surface area contributed by atoms with Gasteiger partial charge in [0, 0.05) is 30.5 Å². The molecule has 1 spiro atoms. The first-order valence-electron chi connectivity index (χ1n) is 14.2. The lowest BCUT2D eigenvalue weighted by Gasteiger charge is -2.43. The number of carbonyl (C=O) groups is 2. The quantitative estimate of drug-likeness (QED) is 0.192. The maximum absolute atomic E-state index is 13.6. The van der Waals surface area contributed by atoms with E-state index < -0.39 is 29.9 Å². The molecule has 9 N–H and O–H groups in total. The second kappa shape index (κ2) is 10.2. The number of rotatable bonds is 6. The van der Waals surface area contributed by atoms with Crippen molar-refractivity contribution in [2.45, 2.75) is 68.9 Å². The maximum Gasteiger partial charge on any atom is 0.343 e. The summed E-state index contributed by atoms with van der Waals surface area (Å²) in [7, 11) is 0. The number of aliphatic hydroxyl groups excluding tert-OH is 1. The number of guanidine groups is 2. The molecular formula is C29H38N9O4+. The van der Waals surface area contributed by atoms with Crippen molar-refractivity contribution >= 4 is 23.7 Å². The van der Waals surface area contributed by atoms with Gasteiger partial charge < -0.3 is 31.1 Å². The molecule has 0 radical (unpaired) electrons. The molecule has 4 aliphatic rings. The Morgan fingerprint density at radius 3 is 2.83 bits per heavy atom. The molecule has 2 aromatic rings. The summed E-state index contributed by atoms with van der Waals surface area (Å²) in [6.45, 7) is 7.07. The van der Waals surface area contributed by atoms with Crippen molar-refractivity contribution in [3.05, 3.63) is 58.9 Å². The zero-order valence-electron chi connectivity index (χ0n) is 24.0. The van der Waals surface area contributed by atoms with Gasteiger partial charge in [0.15, 0.2) is 12.0 Å². The fourth-order valence-corrected chi connectivity index (χ4v) is 6.53. The van der Waals surface area contributed by atoms with Crippen molar-refractivity contribution in [1.82, 2.24) is 25.8 Å². The van der Waals surface area contributed by atoms with E-state index in [1.165, 1.54) is 0 Å². The van der Waals surface area contributed by atoms with Crippen LogP contribution in [0.5, 0.6) is 5.75 Å². The first kappa shape index (κ1) is 27.8. The van der Waals surface area contributed by atoms with E-state index in [0.29, 0.717) is 23.6 Å². The van der Waals surface area contributed by atoms with Crippen molar-refractivity contribution in [1.29, 1.82) is 0 Å². The Morgan fingerprint density at radius 1 is 1.26 bits per heavy atom. The van der Waals surface area contributed by atoms with Crippen LogP contribution in [0.4, 0.5) is 0 Å². The first-order valence-corrected chi connectivity index (χ1v) is 14.2. The monoisotopic (exact) mass is 576 g/mol. The molecule has 2 amide bonds.